The lowest BCUT2D eigenvalue weighted by Crippen LogP contribution is -2.00. The Morgan fingerprint density at radius 2 is 1.84 bits per heavy atom. The number of fused-ring (bicyclic) bond motifs is 1. The van der Waals surface area contributed by atoms with Crippen molar-refractivity contribution in [2.75, 3.05) is 0 Å². The highest BCUT2D eigenvalue weighted by Crippen LogP contribution is 2.27. The number of benzene rings is 2. The van der Waals surface area contributed by atoms with Crippen LogP contribution in [0.1, 0.15) is 18.3 Å². The number of pyridine rings is 1. The monoisotopic (exact) mass is 326 g/mol. The maximum atomic E-state index is 4.87. The normalized spacial score (nSPS) is 11.1. The van der Waals surface area contributed by atoms with Gasteiger partial charge in [0.05, 0.1) is 11.0 Å². The van der Waals surface area contributed by atoms with Gasteiger partial charge in [0.2, 0.25) is 0 Å². The van der Waals surface area contributed by atoms with E-state index in [0.29, 0.717) is 0 Å². The van der Waals surface area contributed by atoms with Crippen LogP contribution in [0.15, 0.2) is 67.0 Å². The van der Waals surface area contributed by atoms with E-state index in [1.165, 1.54) is 5.56 Å². The highest BCUT2D eigenvalue weighted by atomic mass is 15.1. The van der Waals surface area contributed by atoms with Crippen LogP contribution in [0.4, 0.5) is 0 Å². The van der Waals surface area contributed by atoms with Gasteiger partial charge in [0, 0.05) is 30.1 Å². The molecule has 123 valence electrons. The van der Waals surface area contributed by atoms with Crippen LogP contribution in [0.5, 0.6) is 0 Å². The molecule has 2 aromatic heterocycles. The Morgan fingerprint density at radius 1 is 1.00 bits per heavy atom. The third-order valence-electron chi connectivity index (χ3n) is 4.52. The fraction of sp³-hybridized carbons (Fsp3) is 0.136. The standard InChI is InChI=1S/C22H20N3/c1-3-16-7-10-19(11-8-16)25-21-12-9-17(18-6-5-13-23-15-18)14-20(21)24-22(25)4-2/h5-15H,1,3-4H2,2H3. The Balaban J connectivity index is 1.86. The van der Waals surface area contributed by atoms with Gasteiger partial charge in [-0.3, -0.25) is 9.55 Å². The van der Waals surface area contributed by atoms with E-state index in [-0.39, 0.29) is 0 Å². The van der Waals surface area contributed by atoms with Crippen LogP contribution >= 0.6 is 0 Å². The minimum absolute atomic E-state index is 0.806. The van der Waals surface area contributed by atoms with Crippen molar-refractivity contribution in [3.05, 3.63) is 85.3 Å². The summed E-state index contributed by atoms with van der Waals surface area (Å²) in [5, 5.41) is 0. The first kappa shape index (κ1) is 15.6. The van der Waals surface area contributed by atoms with Gasteiger partial charge in [-0.1, -0.05) is 31.2 Å². The second-order valence-corrected chi connectivity index (χ2v) is 6.08. The number of imidazole rings is 1. The maximum Gasteiger partial charge on any atom is 0.114 e. The molecule has 3 nitrogen and oxygen atoms in total. The molecule has 2 heterocycles. The number of hydrogen-bond donors (Lipinski definition) is 0. The van der Waals surface area contributed by atoms with E-state index in [2.05, 4.69) is 71.9 Å². The van der Waals surface area contributed by atoms with Gasteiger partial charge in [-0.25, -0.2) is 4.98 Å². The van der Waals surface area contributed by atoms with E-state index in [0.717, 1.165) is 46.5 Å². The summed E-state index contributed by atoms with van der Waals surface area (Å²) in [6, 6.07) is 19.0. The average molecular weight is 326 g/mol. The molecule has 0 saturated heterocycles. The van der Waals surface area contributed by atoms with E-state index in [1.54, 1.807) is 6.20 Å². The minimum Gasteiger partial charge on any atom is -0.296 e. The largest absolute Gasteiger partial charge is 0.296 e. The van der Waals surface area contributed by atoms with E-state index in [4.69, 9.17) is 4.98 Å². The predicted molar refractivity (Wildman–Crippen MR) is 103 cm³/mol. The molecule has 2 aromatic carbocycles. The summed E-state index contributed by atoms with van der Waals surface area (Å²) in [5.74, 6) is 1.07. The molecule has 25 heavy (non-hydrogen) atoms. The lowest BCUT2D eigenvalue weighted by molar-refractivity contribution is 0.907. The molecule has 0 unspecified atom stereocenters. The lowest BCUT2D eigenvalue weighted by Gasteiger charge is -2.09. The summed E-state index contributed by atoms with van der Waals surface area (Å²) in [6.07, 6.45) is 5.37. The molecule has 4 rings (SSSR count). The number of hydrogen-bond acceptors (Lipinski definition) is 2. The molecule has 1 radical (unpaired) electrons. The molecule has 0 aliphatic carbocycles. The van der Waals surface area contributed by atoms with Crippen molar-refractivity contribution in [3.63, 3.8) is 0 Å². The molecule has 3 heteroatoms. The Hall–Kier alpha value is -2.94. The van der Waals surface area contributed by atoms with Crippen molar-refractivity contribution in [2.24, 2.45) is 0 Å². The third kappa shape index (κ3) is 2.82. The highest BCUT2D eigenvalue weighted by Gasteiger charge is 2.12. The van der Waals surface area contributed by atoms with Crippen LogP contribution in [-0.2, 0) is 12.8 Å². The Morgan fingerprint density at radius 3 is 2.52 bits per heavy atom. The van der Waals surface area contributed by atoms with Gasteiger partial charge in [-0.2, -0.15) is 0 Å². The summed E-state index contributed by atoms with van der Waals surface area (Å²) in [4.78, 5) is 9.08. The molecule has 0 aliphatic heterocycles. The lowest BCUT2D eigenvalue weighted by atomic mass is 10.1. The number of aromatic nitrogens is 3. The SMILES string of the molecule is [CH2]Cc1ccc(-n2c(CC)nc3cc(-c4cccnc4)ccc32)cc1. The molecular weight excluding hydrogens is 306 g/mol. The Kier molecular flexibility index (Phi) is 4.06. The molecule has 0 spiro atoms. The van der Waals surface area contributed by atoms with Gasteiger partial charge in [0.1, 0.15) is 5.82 Å². The van der Waals surface area contributed by atoms with Crippen molar-refractivity contribution in [1.29, 1.82) is 0 Å². The smallest absolute Gasteiger partial charge is 0.114 e. The summed E-state index contributed by atoms with van der Waals surface area (Å²) in [7, 11) is 0. The molecule has 0 fully saturated rings. The van der Waals surface area contributed by atoms with Gasteiger partial charge in [0.15, 0.2) is 0 Å². The van der Waals surface area contributed by atoms with Crippen molar-refractivity contribution >= 4 is 11.0 Å². The van der Waals surface area contributed by atoms with Crippen molar-refractivity contribution < 1.29 is 0 Å². The van der Waals surface area contributed by atoms with Crippen LogP contribution in [0.3, 0.4) is 0 Å². The van der Waals surface area contributed by atoms with Crippen molar-refractivity contribution in [3.8, 4) is 16.8 Å². The zero-order chi connectivity index (χ0) is 17.2. The molecule has 0 amide bonds. The Bertz CT molecular complexity index is 999. The number of nitrogens with zero attached hydrogens (tertiary/aromatic N) is 3. The van der Waals surface area contributed by atoms with E-state index in [1.807, 2.05) is 12.3 Å². The zero-order valence-corrected chi connectivity index (χ0v) is 14.3. The number of rotatable bonds is 4. The first-order valence-electron chi connectivity index (χ1n) is 8.60. The second-order valence-electron chi connectivity index (χ2n) is 6.08. The predicted octanol–water partition coefficient (Wildman–Crippen LogP) is 5.03. The molecule has 0 bridgehead atoms. The maximum absolute atomic E-state index is 4.87. The van der Waals surface area contributed by atoms with Gasteiger partial charge in [-0.05, 0) is 54.8 Å². The second kappa shape index (κ2) is 6.52. The van der Waals surface area contributed by atoms with Gasteiger partial charge in [0.25, 0.3) is 0 Å². The molecule has 4 aromatic rings. The summed E-state index contributed by atoms with van der Waals surface area (Å²) >= 11 is 0. The quantitative estimate of drug-likeness (QED) is 0.527. The van der Waals surface area contributed by atoms with E-state index < -0.39 is 0 Å². The fourth-order valence-electron chi connectivity index (χ4n) is 3.18. The molecular formula is C22H20N3. The van der Waals surface area contributed by atoms with E-state index >= 15 is 0 Å². The zero-order valence-electron chi connectivity index (χ0n) is 14.3. The Labute approximate surface area is 148 Å². The van der Waals surface area contributed by atoms with Gasteiger partial charge < -0.3 is 0 Å². The van der Waals surface area contributed by atoms with Crippen LogP contribution in [0, 0.1) is 6.92 Å². The fourth-order valence-corrected chi connectivity index (χ4v) is 3.18. The topological polar surface area (TPSA) is 30.7 Å². The van der Waals surface area contributed by atoms with Gasteiger partial charge >= 0.3 is 0 Å². The van der Waals surface area contributed by atoms with Gasteiger partial charge in [-0.15, -0.1) is 0 Å². The molecule has 0 saturated carbocycles. The molecule has 0 aliphatic rings. The summed E-state index contributed by atoms with van der Waals surface area (Å²) in [5.41, 5.74) is 6.78. The summed E-state index contributed by atoms with van der Waals surface area (Å²) < 4.78 is 2.25. The van der Waals surface area contributed by atoms with Crippen LogP contribution in [-0.4, -0.2) is 14.5 Å². The van der Waals surface area contributed by atoms with Crippen LogP contribution in [0.2, 0.25) is 0 Å². The average Bonchev–Trinajstić information content (AvgIpc) is 3.06. The van der Waals surface area contributed by atoms with E-state index in [9.17, 15) is 0 Å². The van der Waals surface area contributed by atoms with Crippen LogP contribution < -0.4 is 0 Å². The van der Waals surface area contributed by atoms with Crippen molar-refractivity contribution in [1.82, 2.24) is 14.5 Å². The molecule has 0 atom stereocenters. The first-order chi connectivity index (χ1) is 12.3. The molecule has 0 N–H and O–H groups in total. The van der Waals surface area contributed by atoms with Crippen LogP contribution in [0.25, 0.3) is 27.8 Å². The minimum atomic E-state index is 0.806. The first-order valence-corrected chi connectivity index (χ1v) is 8.60. The van der Waals surface area contributed by atoms with Crippen molar-refractivity contribution in [2.45, 2.75) is 19.8 Å². The summed E-state index contributed by atoms with van der Waals surface area (Å²) in [6.45, 7) is 6.09. The number of aryl methyl sites for hydroxylation is 1. The highest BCUT2D eigenvalue weighted by molar-refractivity contribution is 5.84. The third-order valence-corrected chi connectivity index (χ3v) is 4.52.